The average molecular weight is 834 g/mol. The fourth-order valence-corrected chi connectivity index (χ4v) is 6.86. The van der Waals surface area contributed by atoms with E-state index in [0.29, 0.717) is 19.3 Å². The number of esters is 1. The summed E-state index contributed by atoms with van der Waals surface area (Å²) in [5, 5.41) is 23.7. The smallest absolute Gasteiger partial charge is 0.306 e. The number of nitrogens with one attached hydrogen (secondary N) is 1. The van der Waals surface area contributed by atoms with Crippen molar-refractivity contribution in [1.29, 1.82) is 0 Å². The van der Waals surface area contributed by atoms with E-state index in [1.165, 1.54) is 77.0 Å². The van der Waals surface area contributed by atoms with Crippen LogP contribution in [0.5, 0.6) is 0 Å². The van der Waals surface area contributed by atoms with Gasteiger partial charge in [0.1, 0.15) is 6.10 Å². The fraction of sp³-hybridized carbons (Fsp3) is 0.667. The van der Waals surface area contributed by atoms with Crippen LogP contribution in [0, 0.1) is 0 Å². The van der Waals surface area contributed by atoms with Crippen molar-refractivity contribution < 1.29 is 24.5 Å². The first-order valence-corrected chi connectivity index (χ1v) is 24.6. The van der Waals surface area contributed by atoms with Gasteiger partial charge in [-0.3, -0.25) is 9.59 Å². The van der Waals surface area contributed by atoms with E-state index >= 15 is 0 Å². The zero-order chi connectivity index (χ0) is 43.8. The molecule has 0 rings (SSSR count). The van der Waals surface area contributed by atoms with Crippen molar-refractivity contribution >= 4 is 11.9 Å². The molecule has 0 aliphatic heterocycles. The lowest BCUT2D eigenvalue weighted by molar-refractivity contribution is -0.151. The second-order valence-electron chi connectivity index (χ2n) is 16.3. The Kier molecular flexibility index (Phi) is 44.3. The lowest BCUT2D eigenvalue weighted by atomic mass is 10.0. The minimum absolute atomic E-state index is 0.0299. The molecule has 0 aromatic carbocycles. The standard InChI is InChI=1S/C54H91NO5/c1-4-7-10-13-16-19-22-25-26-27-29-30-33-36-39-42-45-50(60-54(59)47-44-41-38-35-32-28-23-20-17-14-11-8-5-2)48-53(58)55-51(49-56)52(57)46-43-40-37-34-31-24-21-18-15-12-9-6-3/h8,11,14,16-17,19-20,22-23,25-30,32,50-52,56-57H,4-7,9-10,12-13,15,18,21,24,31,33-49H2,1-3H3,(H,55,58)/b11-8+,17-14+,19-16+,23-20-,25-22+,27-26+,30-29+,32-28-. The predicted octanol–water partition coefficient (Wildman–Crippen LogP) is 14.6. The van der Waals surface area contributed by atoms with Crippen molar-refractivity contribution in [2.24, 2.45) is 0 Å². The van der Waals surface area contributed by atoms with Crippen molar-refractivity contribution in [2.45, 2.75) is 225 Å². The number of carbonyl (C=O) groups excluding carboxylic acids is 2. The zero-order valence-electron chi connectivity index (χ0n) is 38.8. The minimum Gasteiger partial charge on any atom is -0.462 e. The molecule has 6 nitrogen and oxygen atoms in total. The molecule has 0 spiro atoms. The second-order valence-corrected chi connectivity index (χ2v) is 16.3. The number of allylic oxidation sites excluding steroid dienone is 16. The number of rotatable bonds is 42. The first kappa shape index (κ1) is 56.8. The molecule has 0 saturated carbocycles. The Morgan fingerprint density at radius 2 is 0.900 bits per heavy atom. The van der Waals surface area contributed by atoms with Crippen molar-refractivity contribution in [3.05, 3.63) is 97.2 Å². The highest BCUT2D eigenvalue weighted by atomic mass is 16.5. The molecule has 0 aliphatic carbocycles. The van der Waals surface area contributed by atoms with Gasteiger partial charge in [-0.15, -0.1) is 0 Å². The van der Waals surface area contributed by atoms with Gasteiger partial charge in [-0.1, -0.05) is 221 Å². The van der Waals surface area contributed by atoms with Crippen LogP contribution in [0.1, 0.15) is 207 Å². The molecule has 6 heteroatoms. The third-order valence-electron chi connectivity index (χ3n) is 10.6. The molecule has 0 aromatic heterocycles. The van der Waals surface area contributed by atoms with Crippen LogP contribution in [0.3, 0.4) is 0 Å². The van der Waals surface area contributed by atoms with E-state index in [1.807, 2.05) is 48.6 Å². The summed E-state index contributed by atoms with van der Waals surface area (Å²) in [6.45, 7) is 6.26. The summed E-state index contributed by atoms with van der Waals surface area (Å²) in [5.74, 6) is -0.568. The summed E-state index contributed by atoms with van der Waals surface area (Å²) < 4.78 is 5.88. The van der Waals surface area contributed by atoms with Gasteiger partial charge < -0.3 is 20.3 Å². The lowest BCUT2D eigenvalue weighted by Crippen LogP contribution is -2.46. The Balaban J connectivity index is 4.78. The maximum Gasteiger partial charge on any atom is 0.306 e. The van der Waals surface area contributed by atoms with Crippen LogP contribution >= 0.6 is 0 Å². The van der Waals surface area contributed by atoms with E-state index < -0.39 is 18.2 Å². The Bertz CT molecular complexity index is 1210. The van der Waals surface area contributed by atoms with E-state index in [9.17, 15) is 19.8 Å². The highest BCUT2D eigenvalue weighted by molar-refractivity contribution is 5.77. The van der Waals surface area contributed by atoms with E-state index in [2.05, 4.69) is 74.7 Å². The number of amides is 1. The normalized spacial score (nSPS) is 14.2. The number of unbranched alkanes of at least 4 members (excludes halogenated alkanes) is 20. The Morgan fingerprint density at radius 3 is 1.40 bits per heavy atom. The van der Waals surface area contributed by atoms with Crippen molar-refractivity contribution in [3.8, 4) is 0 Å². The largest absolute Gasteiger partial charge is 0.462 e. The van der Waals surface area contributed by atoms with Crippen LogP contribution in [0.15, 0.2) is 97.2 Å². The van der Waals surface area contributed by atoms with Crippen molar-refractivity contribution in [2.75, 3.05) is 6.61 Å². The molecule has 60 heavy (non-hydrogen) atoms. The summed E-state index contributed by atoms with van der Waals surface area (Å²) in [7, 11) is 0. The van der Waals surface area contributed by atoms with E-state index in [4.69, 9.17) is 4.74 Å². The summed E-state index contributed by atoms with van der Waals surface area (Å²) in [6.07, 6.45) is 61.7. The molecule has 3 unspecified atom stereocenters. The third-order valence-corrected chi connectivity index (χ3v) is 10.6. The van der Waals surface area contributed by atoms with Crippen LogP contribution in [-0.2, 0) is 14.3 Å². The maximum absolute atomic E-state index is 13.2. The molecule has 0 saturated heterocycles. The lowest BCUT2D eigenvalue weighted by Gasteiger charge is -2.24. The molecular weight excluding hydrogens is 743 g/mol. The van der Waals surface area contributed by atoms with Crippen LogP contribution in [0.2, 0.25) is 0 Å². The first-order valence-electron chi connectivity index (χ1n) is 24.6. The molecule has 0 fully saturated rings. The summed E-state index contributed by atoms with van der Waals surface area (Å²) in [6, 6.07) is -0.728. The van der Waals surface area contributed by atoms with E-state index in [1.54, 1.807) is 0 Å². The van der Waals surface area contributed by atoms with Gasteiger partial charge in [0.15, 0.2) is 0 Å². The van der Waals surface area contributed by atoms with E-state index in [0.717, 1.165) is 83.5 Å². The Labute approximate surface area is 369 Å². The second kappa shape index (κ2) is 46.8. The van der Waals surface area contributed by atoms with Gasteiger partial charge in [0.2, 0.25) is 5.91 Å². The number of hydrogen-bond donors (Lipinski definition) is 3. The van der Waals surface area contributed by atoms with Gasteiger partial charge in [0.05, 0.1) is 25.2 Å². The molecule has 0 aromatic rings. The quantitative estimate of drug-likeness (QED) is 0.0323. The van der Waals surface area contributed by atoms with Gasteiger partial charge in [0, 0.05) is 6.42 Å². The van der Waals surface area contributed by atoms with Gasteiger partial charge in [0.25, 0.3) is 0 Å². The average Bonchev–Trinajstić information content (AvgIpc) is 3.24. The number of ether oxygens (including phenoxy) is 1. The van der Waals surface area contributed by atoms with E-state index in [-0.39, 0.29) is 24.9 Å². The zero-order valence-corrected chi connectivity index (χ0v) is 38.8. The van der Waals surface area contributed by atoms with Gasteiger partial charge >= 0.3 is 5.97 Å². The van der Waals surface area contributed by atoms with Crippen molar-refractivity contribution in [1.82, 2.24) is 5.32 Å². The number of aliphatic hydroxyl groups is 2. The molecule has 3 atom stereocenters. The molecule has 0 heterocycles. The van der Waals surface area contributed by atoms with Gasteiger partial charge in [-0.05, 0) is 70.6 Å². The number of aliphatic hydroxyl groups excluding tert-OH is 2. The van der Waals surface area contributed by atoms with Crippen molar-refractivity contribution in [3.63, 3.8) is 0 Å². The monoisotopic (exact) mass is 834 g/mol. The molecular formula is C54H91NO5. The number of hydrogen-bond acceptors (Lipinski definition) is 5. The molecule has 342 valence electrons. The highest BCUT2D eigenvalue weighted by Gasteiger charge is 2.24. The van der Waals surface area contributed by atoms with Gasteiger partial charge in [-0.25, -0.2) is 0 Å². The summed E-state index contributed by atoms with van der Waals surface area (Å²) >= 11 is 0. The van der Waals surface area contributed by atoms with Gasteiger partial charge in [-0.2, -0.15) is 0 Å². The highest BCUT2D eigenvalue weighted by Crippen LogP contribution is 2.17. The minimum atomic E-state index is -0.810. The predicted molar refractivity (Wildman–Crippen MR) is 259 cm³/mol. The van der Waals surface area contributed by atoms with Crippen LogP contribution in [0.25, 0.3) is 0 Å². The molecule has 3 N–H and O–H groups in total. The fourth-order valence-electron chi connectivity index (χ4n) is 6.86. The Hall–Kier alpha value is -3.22. The molecule has 0 radical (unpaired) electrons. The number of carbonyl (C=O) groups is 2. The van der Waals surface area contributed by atoms with Crippen LogP contribution < -0.4 is 5.32 Å². The van der Waals surface area contributed by atoms with Crippen LogP contribution in [0.4, 0.5) is 0 Å². The molecule has 1 amide bonds. The summed E-state index contributed by atoms with van der Waals surface area (Å²) in [5.41, 5.74) is 0. The third kappa shape index (κ3) is 41.5. The maximum atomic E-state index is 13.2. The van der Waals surface area contributed by atoms with Crippen LogP contribution in [-0.4, -0.2) is 46.9 Å². The molecule has 0 bridgehead atoms. The first-order chi connectivity index (χ1) is 29.5. The topological polar surface area (TPSA) is 95.9 Å². The molecule has 0 aliphatic rings. The SMILES string of the molecule is CC/C=C/C=C/C=C\C=C/CCCCCC(=O)OC(CCCCC/C=C/C=C/C=C/C=C/CCCCC)CC(=O)NC(CO)C(O)CCCCCCCCCCCCCC. The summed E-state index contributed by atoms with van der Waals surface area (Å²) in [4.78, 5) is 26.1. The Morgan fingerprint density at radius 1 is 0.500 bits per heavy atom.